The highest BCUT2D eigenvalue weighted by atomic mass is 16.6. The maximum absolute atomic E-state index is 13.3. The fourth-order valence-corrected chi connectivity index (χ4v) is 10.6. The van der Waals surface area contributed by atoms with E-state index in [1.165, 1.54) is 27.7 Å². The van der Waals surface area contributed by atoms with Crippen LogP contribution < -0.4 is 0 Å². The zero-order valence-corrected chi connectivity index (χ0v) is 39.2. The number of rotatable bonds is 11. The summed E-state index contributed by atoms with van der Waals surface area (Å²) in [6.07, 6.45) is -6.72. The molecule has 6 rings (SSSR count). The summed E-state index contributed by atoms with van der Waals surface area (Å²) in [5.41, 5.74) is -12.2. The first kappa shape index (κ1) is 51.9. The van der Waals surface area contributed by atoms with Crippen molar-refractivity contribution in [1.29, 1.82) is 0 Å². The molecule has 2 saturated carbocycles. The van der Waals surface area contributed by atoms with Gasteiger partial charge in [0.25, 0.3) is 0 Å². The predicted molar refractivity (Wildman–Crippen MR) is 222 cm³/mol. The number of carbonyl (C=O) groups is 9. The second-order valence-electron chi connectivity index (χ2n) is 18.9. The van der Waals surface area contributed by atoms with Crippen molar-refractivity contribution in [3.8, 4) is 0 Å². The second kappa shape index (κ2) is 18.2. The zero-order chi connectivity index (χ0) is 49.9. The van der Waals surface area contributed by atoms with E-state index in [2.05, 4.69) is 0 Å². The van der Waals surface area contributed by atoms with Gasteiger partial charge in [-0.2, -0.15) is 0 Å². The van der Waals surface area contributed by atoms with Gasteiger partial charge in [-0.3, -0.25) is 33.6 Å². The third-order valence-electron chi connectivity index (χ3n) is 14.0. The molecule has 6 aliphatic rings. The van der Waals surface area contributed by atoms with Gasteiger partial charge in [0.15, 0.2) is 52.3 Å². The van der Waals surface area contributed by atoms with Crippen molar-refractivity contribution in [2.24, 2.45) is 11.8 Å². The maximum atomic E-state index is 13.3. The van der Waals surface area contributed by atoms with E-state index in [1.807, 2.05) is 0 Å². The lowest BCUT2D eigenvalue weighted by molar-refractivity contribution is -0.211. The minimum Gasteiger partial charge on any atom is -0.459 e. The van der Waals surface area contributed by atoms with Crippen LogP contribution in [0.3, 0.4) is 0 Å². The number of esters is 7. The molecule has 0 bridgehead atoms. The first-order valence-corrected chi connectivity index (χ1v) is 22.2. The Kier molecular flexibility index (Phi) is 14.3. The Morgan fingerprint density at radius 3 is 1.42 bits per heavy atom. The molecule has 0 aromatic carbocycles. The van der Waals surface area contributed by atoms with E-state index in [-0.39, 0.29) is 60.2 Å². The molecule has 2 heterocycles. The molecule has 4 N–H and O–H groups in total. The van der Waals surface area contributed by atoms with Crippen LogP contribution in [-0.2, 0) is 76.3 Å². The number of aliphatic hydroxyl groups is 4. The molecule has 366 valence electrons. The average molecular weight is 935 g/mol. The third kappa shape index (κ3) is 8.35. The first-order chi connectivity index (χ1) is 30.4. The molecule has 20 nitrogen and oxygen atoms in total. The summed E-state index contributed by atoms with van der Waals surface area (Å²) in [6, 6.07) is 0. The molecule has 0 aromatic rings. The minimum absolute atomic E-state index is 0.0145. The van der Waals surface area contributed by atoms with Gasteiger partial charge in [-0.15, -0.1) is 0 Å². The molecule has 0 aromatic heterocycles. The van der Waals surface area contributed by atoms with Gasteiger partial charge >= 0.3 is 41.8 Å². The fourth-order valence-electron chi connectivity index (χ4n) is 10.6. The Bertz CT molecular complexity index is 2150. The van der Waals surface area contributed by atoms with Gasteiger partial charge in [0, 0.05) is 58.3 Å². The Morgan fingerprint density at radius 1 is 0.606 bits per heavy atom. The monoisotopic (exact) mass is 934 g/mol. The molecule has 66 heavy (non-hydrogen) atoms. The van der Waals surface area contributed by atoms with Gasteiger partial charge in [-0.1, -0.05) is 20.8 Å². The van der Waals surface area contributed by atoms with Crippen molar-refractivity contribution in [3.05, 3.63) is 22.3 Å². The third-order valence-corrected chi connectivity index (χ3v) is 14.0. The molecule has 0 amide bonds. The summed E-state index contributed by atoms with van der Waals surface area (Å²) < 4.78 is 38.8. The average Bonchev–Trinajstić information content (AvgIpc) is 3.73. The van der Waals surface area contributed by atoms with E-state index < -0.39 is 130 Å². The van der Waals surface area contributed by atoms with E-state index in [0.29, 0.717) is 19.3 Å². The number of ketones is 2. The molecule has 13 atom stereocenters. The smallest absolute Gasteiger partial charge is 0.341 e. The van der Waals surface area contributed by atoms with Gasteiger partial charge in [0.05, 0.1) is 5.92 Å². The van der Waals surface area contributed by atoms with Crippen molar-refractivity contribution >= 4 is 53.4 Å². The summed E-state index contributed by atoms with van der Waals surface area (Å²) in [6.45, 7) is 15.8. The van der Waals surface area contributed by atoms with Crippen molar-refractivity contribution in [2.45, 2.75) is 198 Å². The summed E-state index contributed by atoms with van der Waals surface area (Å²) in [5, 5.41) is 45.8. The number of Topliss-reactive ketones (excluding diaryl/α,β-unsaturated/α-hetero) is 2. The molecule has 20 heteroatoms. The SMILES string of the molecule is CCCC(=O)O[C@@H]1C(=O)C(C)=C2[C@H]1[C@@](C)(OC(C)=O)C[C@H](OC(=O)CCC)[C@@]1(O)[C@H]2OC(=O)[C@@]1(C)O.CCCC(=O)O[C@H]1C[C@](C)(OC(C)=O)[C@H]2CC(=O)C(C)=C2[C@@H]2OC(=O)[C@@](C)(O)[C@@]12O. The molecule has 4 aliphatic carbocycles. The van der Waals surface area contributed by atoms with Crippen LogP contribution in [0.25, 0.3) is 0 Å². The van der Waals surface area contributed by atoms with Crippen molar-refractivity contribution in [3.63, 3.8) is 0 Å². The van der Waals surface area contributed by atoms with E-state index >= 15 is 0 Å². The largest absolute Gasteiger partial charge is 0.459 e. The molecule has 0 unspecified atom stereocenters. The van der Waals surface area contributed by atoms with Crippen LogP contribution in [0, 0.1) is 11.8 Å². The fraction of sp³-hybridized carbons (Fsp3) is 0.717. The maximum Gasteiger partial charge on any atom is 0.341 e. The Hall–Kier alpha value is -5.05. The van der Waals surface area contributed by atoms with Gasteiger partial charge < -0.3 is 53.6 Å². The van der Waals surface area contributed by atoms with Gasteiger partial charge in [0.1, 0.15) is 23.4 Å². The van der Waals surface area contributed by atoms with Crippen LogP contribution in [-0.4, -0.2) is 138 Å². The number of ether oxygens (including phenoxy) is 7. The highest BCUT2D eigenvalue weighted by molar-refractivity contribution is 6.04. The van der Waals surface area contributed by atoms with Crippen LogP contribution in [0.15, 0.2) is 22.3 Å². The number of hydrogen-bond donors (Lipinski definition) is 4. The molecular weight excluding hydrogens is 872 g/mol. The van der Waals surface area contributed by atoms with Gasteiger partial charge in [0.2, 0.25) is 0 Å². The molecule has 0 spiro atoms. The Labute approximate surface area is 381 Å². The number of allylic oxidation sites excluding steroid dienone is 1. The van der Waals surface area contributed by atoms with Crippen LogP contribution in [0.5, 0.6) is 0 Å². The van der Waals surface area contributed by atoms with Crippen LogP contribution in [0.4, 0.5) is 0 Å². The summed E-state index contributed by atoms with van der Waals surface area (Å²) >= 11 is 0. The number of carbonyl (C=O) groups excluding carboxylic acids is 9. The quantitative estimate of drug-likeness (QED) is 0.170. The van der Waals surface area contributed by atoms with Crippen molar-refractivity contribution < 1.29 is 96.7 Å². The van der Waals surface area contributed by atoms with Gasteiger partial charge in [-0.05, 0) is 83.1 Å². The normalized spacial score (nSPS) is 38.9. The zero-order valence-electron chi connectivity index (χ0n) is 39.2. The molecular formula is C46H62O20. The minimum atomic E-state index is -2.55. The van der Waals surface area contributed by atoms with Gasteiger partial charge in [-0.25, -0.2) is 9.59 Å². The standard InChI is InChI=1S/C25H34O11.C21H28O9/c1-7-9-15(27)33-14-11-23(5,36-13(4)26)18-17(21-25(14,32)24(6,31)22(30)35-21)12(3)19(29)20(18)34-16(28)10-8-2;1-6-7-15(24)28-14-9-19(4,30-11(3)22)12-8-13(23)10(2)16(12)17-21(14,27)20(5,26)18(25)29-17/h14,18,20-21,31-32H,7-11H2,1-6H3;12,14,17,26-27H,6-9H2,1-5H3/t14-,18+,20-,21-,23-,24+,25+;12-,14-,17-,19-,20+,21+/m00/s1. The lowest BCUT2D eigenvalue weighted by Gasteiger charge is -2.41. The van der Waals surface area contributed by atoms with Crippen LogP contribution in [0.1, 0.15) is 134 Å². The van der Waals surface area contributed by atoms with Crippen LogP contribution in [0.2, 0.25) is 0 Å². The highest BCUT2D eigenvalue weighted by Gasteiger charge is 2.77. The molecule has 2 saturated heterocycles. The summed E-state index contributed by atoms with van der Waals surface area (Å²) in [5.74, 6) is -8.35. The van der Waals surface area contributed by atoms with E-state index in [9.17, 15) is 63.6 Å². The Balaban J connectivity index is 0.000000251. The van der Waals surface area contributed by atoms with E-state index in [0.717, 1.165) is 20.8 Å². The summed E-state index contributed by atoms with van der Waals surface area (Å²) in [4.78, 5) is 113. The Morgan fingerprint density at radius 2 is 1.00 bits per heavy atom. The lowest BCUT2D eigenvalue weighted by Crippen LogP contribution is -2.64. The number of hydrogen-bond acceptors (Lipinski definition) is 20. The molecule has 2 aliphatic heterocycles. The lowest BCUT2D eigenvalue weighted by atomic mass is 9.75. The number of fused-ring (bicyclic) bond motifs is 6. The van der Waals surface area contributed by atoms with E-state index in [4.69, 9.17) is 33.2 Å². The van der Waals surface area contributed by atoms with Crippen molar-refractivity contribution in [1.82, 2.24) is 0 Å². The second-order valence-corrected chi connectivity index (χ2v) is 18.9. The molecule has 0 radical (unpaired) electrons. The van der Waals surface area contributed by atoms with Crippen molar-refractivity contribution in [2.75, 3.05) is 0 Å². The van der Waals surface area contributed by atoms with E-state index in [1.54, 1.807) is 27.7 Å². The predicted octanol–water partition coefficient (Wildman–Crippen LogP) is 1.80. The van der Waals surface area contributed by atoms with Crippen LogP contribution >= 0.6 is 0 Å². The summed E-state index contributed by atoms with van der Waals surface area (Å²) in [7, 11) is 0. The topological polar surface area (TPSA) is 299 Å². The highest BCUT2D eigenvalue weighted by Crippen LogP contribution is 2.58. The first-order valence-electron chi connectivity index (χ1n) is 22.2. The molecule has 4 fully saturated rings.